The Hall–Kier alpha value is -4.02. The quantitative estimate of drug-likeness (QED) is 0.247. The number of aliphatic carboxylic acids is 1. The van der Waals surface area contributed by atoms with Gasteiger partial charge in [-0.2, -0.15) is 0 Å². The molecule has 0 radical (unpaired) electrons. The van der Waals surface area contributed by atoms with Crippen LogP contribution in [0.15, 0.2) is 49.1 Å². The standard InChI is InChI=1S/C25H26N6O4/c32-24(33)5-2-17-12-19-21(14-23(17)35-9-1-6-31-7-10-34-11-8-31)27-16-29-25(19)30-18-3-4-20-22(13-18)28-15-26-20/h2-5,12-16H,1,6-11H2,(H,26,28)(H,32,33)(H,27,29,30). The van der Waals surface area contributed by atoms with Crippen LogP contribution in [0.1, 0.15) is 12.0 Å². The van der Waals surface area contributed by atoms with Crippen molar-refractivity contribution in [1.82, 2.24) is 24.8 Å². The molecule has 0 aliphatic carbocycles. The molecule has 1 fully saturated rings. The fourth-order valence-electron chi connectivity index (χ4n) is 4.06. The number of hydrogen-bond acceptors (Lipinski definition) is 8. The first-order valence-electron chi connectivity index (χ1n) is 11.5. The molecular formula is C25H26N6O4. The van der Waals surface area contributed by atoms with Gasteiger partial charge < -0.3 is 24.9 Å². The number of carbonyl (C=O) groups is 1. The third-order valence-electron chi connectivity index (χ3n) is 5.84. The minimum absolute atomic E-state index is 0.511. The molecule has 3 N–H and O–H groups in total. The van der Waals surface area contributed by atoms with Gasteiger partial charge in [-0.15, -0.1) is 0 Å². The number of carboxylic acid groups (broad SMARTS) is 1. The smallest absolute Gasteiger partial charge is 0.328 e. The number of aromatic amines is 1. The lowest BCUT2D eigenvalue weighted by atomic mass is 10.1. The van der Waals surface area contributed by atoms with Crippen molar-refractivity contribution in [2.75, 3.05) is 44.8 Å². The van der Waals surface area contributed by atoms with Crippen LogP contribution in [0.5, 0.6) is 5.75 Å². The Kier molecular flexibility index (Phi) is 6.82. The summed E-state index contributed by atoms with van der Waals surface area (Å²) < 4.78 is 11.5. The van der Waals surface area contributed by atoms with E-state index in [4.69, 9.17) is 14.6 Å². The molecule has 1 aliphatic heterocycles. The average Bonchev–Trinajstić information content (AvgIpc) is 3.34. The summed E-state index contributed by atoms with van der Waals surface area (Å²) in [6, 6.07) is 9.48. The van der Waals surface area contributed by atoms with Crippen LogP contribution in [-0.2, 0) is 9.53 Å². The highest BCUT2D eigenvalue weighted by atomic mass is 16.5. The summed E-state index contributed by atoms with van der Waals surface area (Å²) >= 11 is 0. The Labute approximate surface area is 201 Å². The van der Waals surface area contributed by atoms with E-state index in [9.17, 15) is 4.79 Å². The van der Waals surface area contributed by atoms with Crippen molar-refractivity contribution in [1.29, 1.82) is 0 Å². The number of carboxylic acids is 1. The predicted molar refractivity (Wildman–Crippen MR) is 133 cm³/mol. The van der Waals surface area contributed by atoms with E-state index in [1.165, 1.54) is 12.4 Å². The molecule has 10 nitrogen and oxygen atoms in total. The second kappa shape index (κ2) is 10.5. The van der Waals surface area contributed by atoms with Crippen LogP contribution < -0.4 is 10.1 Å². The maximum absolute atomic E-state index is 11.2. The van der Waals surface area contributed by atoms with E-state index >= 15 is 0 Å². The first-order chi connectivity index (χ1) is 17.2. The molecule has 0 unspecified atom stereocenters. The molecule has 1 aliphatic rings. The second-order valence-electron chi connectivity index (χ2n) is 8.22. The number of H-pyrrole nitrogens is 1. The van der Waals surface area contributed by atoms with Gasteiger partial charge in [0.05, 0.1) is 42.7 Å². The number of ether oxygens (including phenoxy) is 2. The Morgan fingerprint density at radius 3 is 2.91 bits per heavy atom. The predicted octanol–water partition coefficient (Wildman–Crippen LogP) is 3.45. The molecule has 0 spiro atoms. The van der Waals surface area contributed by atoms with Crippen molar-refractivity contribution in [2.45, 2.75) is 6.42 Å². The molecule has 0 atom stereocenters. The second-order valence-corrected chi connectivity index (χ2v) is 8.22. The monoisotopic (exact) mass is 474 g/mol. The van der Waals surface area contributed by atoms with Crippen molar-refractivity contribution < 1.29 is 19.4 Å². The van der Waals surface area contributed by atoms with Gasteiger partial charge in [0, 0.05) is 48.4 Å². The molecular weight excluding hydrogens is 448 g/mol. The molecule has 2 aromatic heterocycles. The first kappa shape index (κ1) is 22.8. The minimum atomic E-state index is -1.03. The highest BCUT2D eigenvalue weighted by molar-refractivity contribution is 5.95. The fourth-order valence-corrected chi connectivity index (χ4v) is 4.06. The van der Waals surface area contributed by atoms with Crippen molar-refractivity contribution in [2.24, 2.45) is 0 Å². The summed E-state index contributed by atoms with van der Waals surface area (Å²) in [6.45, 7) is 4.83. The summed E-state index contributed by atoms with van der Waals surface area (Å²) in [5.74, 6) is 0.159. The van der Waals surface area contributed by atoms with Crippen LogP contribution >= 0.6 is 0 Å². The van der Waals surface area contributed by atoms with Crippen molar-refractivity contribution >= 4 is 45.5 Å². The van der Waals surface area contributed by atoms with Crippen molar-refractivity contribution in [3.63, 3.8) is 0 Å². The molecule has 35 heavy (non-hydrogen) atoms. The number of anilines is 2. The maximum atomic E-state index is 11.2. The van der Waals surface area contributed by atoms with Crippen LogP contribution in [0.2, 0.25) is 0 Å². The van der Waals surface area contributed by atoms with E-state index in [2.05, 4.69) is 30.2 Å². The van der Waals surface area contributed by atoms with Crippen molar-refractivity contribution in [3.05, 3.63) is 54.6 Å². The van der Waals surface area contributed by atoms with Gasteiger partial charge in [0.2, 0.25) is 0 Å². The van der Waals surface area contributed by atoms with Crippen LogP contribution in [0.3, 0.4) is 0 Å². The molecule has 0 bridgehead atoms. The molecule has 5 rings (SSSR count). The zero-order valence-corrected chi connectivity index (χ0v) is 19.1. The maximum Gasteiger partial charge on any atom is 0.328 e. The van der Waals surface area contributed by atoms with Crippen LogP contribution in [0.25, 0.3) is 28.0 Å². The number of aromatic nitrogens is 4. The normalized spacial score (nSPS) is 14.6. The zero-order chi connectivity index (χ0) is 24.0. The summed E-state index contributed by atoms with van der Waals surface area (Å²) in [5, 5.41) is 13.2. The van der Waals surface area contributed by atoms with E-state index in [0.717, 1.165) is 67.5 Å². The highest BCUT2D eigenvalue weighted by Gasteiger charge is 2.13. The summed E-state index contributed by atoms with van der Waals surface area (Å²) in [4.78, 5) is 29.7. The van der Waals surface area contributed by atoms with Gasteiger partial charge in [-0.3, -0.25) is 4.90 Å². The Morgan fingerprint density at radius 1 is 1.17 bits per heavy atom. The topological polar surface area (TPSA) is 125 Å². The van der Waals surface area contributed by atoms with Gasteiger partial charge in [-0.25, -0.2) is 19.7 Å². The van der Waals surface area contributed by atoms with Gasteiger partial charge in [0.1, 0.15) is 17.9 Å². The molecule has 3 heterocycles. The zero-order valence-electron chi connectivity index (χ0n) is 19.1. The number of benzene rings is 2. The number of morpholine rings is 1. The number of nitrogens with zero attached hydrogens (tertiary/aromatic N) is 4. The highest BCUT2D eigenvalue weighted by Crippen LogP contribution is 2.31. The summed E-state index contributed by atoms with van der Waals surface area (Å²) in [5.41, 5.74) is 3.95. The first-order valence-corrected chi connectivity index (χ1v) is 11.5. The van der Waals surface area contributed by atoms with Gasteiger partial charge >= 0.3 is 5.97 Å². The molecule has 0 saturated carbocycles. The lowest BCUT2D eigenvalue weighted by molar-refractivity contribution is -0.131. The van der Waals surface area contributed by atoms with Gasteiger partial charge in [0.25, 0.3) is 0 Å². The molecule has 1 saturated heterocycles. The number of imidazole rings is 1. The van der Waals surface area contributed by atoms with Gasteiger partial charge in [0.15, 0.2) is 0 Å². The minimum Gasteiger partial charge on any atom is -0.493 e. The third kappa shape index (κ3) is 5.56. The van der Waals surface area contributed by atoms with Crippen molar-refractivity contribution in [3.8, 4) is 5.75 Å². The Bertz CT molecular complexity index is 1360. The number of fused-ring (bicyclic) bond motifs is 2. The van der Waals surface area contributed by atoms with E-state index in [-0.39, 0.29) is 0 Å². The van der Waals surface area contributed by atoms with Crippen LogP contribution in [0, 0.1) is 0 Å². The van der Waals surface area contributed by atoms with Gasteiger partial charge in [-0.1, -0.05) is 0 Å². The fraction of sp³-hybridized carbons (Fsp3) is 0.280. The van der Waals surface area contributed by atoms with E-state index < -0.39 is 5.97 Å². The molecule has 0 amide bonds. The average molecular weight is 475 g/mol. The van der Waals surface area contributed by atoms with E-state index in [1.807, 2.05) is 30.3 Å². The van der Waals surface area contributed by atoms with Crippen LogP contribution in [0.4, 0.5) is 11.5 Å². The Morgan fingerprint density at radius 2 is 2.06 bits per heavy atom. The van der Waals surface area contributed by atoms with E-state index in [0.29, 0.717) is 29.3 Å². The van der Waals surface area contributed by atoms with E-state index in [1.54, 1.807) is 6.33 Å². The lowest BCUT2D eigenvalue weighted by Crippen LogP contribution is -2.37. The summed E-state index contributed by atoms with van der Waals surface area (Å²) in [6.07, 6.45) is 6.63. The largest absolute Gasteiger partial charge is 0.493 e. The Balaban J connectivity index is 1.38. The molecule has 4 aromatic rings. The number of hydrogen-bond donors (Lipinski definition) is 3. The van der Waals surface area contributed by atoms with Crippen LogP contribution in [-0.4, -0.2) is 75.4 Å². The van der Waals surface area contributed by atoms with Gasteiger partial charge in [-0.05, 0) is 36.8 Å². The third-order valence-corrected chi connectivity index (χ3v) is 5.84. The molecule has 180 valence electrons. The molecule has 2 aromatic carbocycles. The number of rotatable bonds is 9. The number of nitrogens with one attached hydrogen (secondary N) is 2. The lowest BCUT2D eigenvalue weighted by Gasteiger charge is -2.26. The summed E-state index contributed by atoms with van der Waals surface area (Å²) in [7, 11) is 0. The SMILES string of the molecule is O=C(O)C=Cc1cc2c(Nc3ccc4[nH]cnc4c3)ncnc2cc1OCCCN1CCOCC1. The molecule has 10 heteroatoms.